The van der Waals surface area contributed by atoms with E-state index in [2.05, 4.69) is 49.4 Å². The van der Waals surface area contributed by atoms with Gasteiger partial charge in [0.05, 0.1) is 17.6 Å². The average molecular weight is 396 g/mol. The number of hydrogen-bond donors (Lipinski definition) is 1. The molecule has 2 aromatic heterocycles. The lowest BCUT2D eigenvalue weighted by Gasteiger charge is -2.36. The van der Waals surface area contributed by atoms with Crippen LogP contribution in [0.25, 0.3) is 5.69 Å². The van der Waals surface area contributed by atoms with Gasteiger partial charge in [0, 0.05) is 42.1 Å². The van der Waals surface area contributed by atoms with Gasteiger partial charge in [0.25, 0.3) is 0 Å². The summed E-state index contributed by atoms with van der Waals surface area (Å²) in [5, 5.41) is 13.0. The molecule has 0 saturated carbocycles. The largest absolute Gasteiger partial charge is 0.306 e. The van der Waals surface area contributed by atoms with Crippen molar-refractivity contribution in [2.24, 2.45) is 5.41 Å². The van der Waals surface area contributed by atoms with Crippen LogP contribution in [0.2, 0.25) is 0 Å². The van der Waals surface area contributed by atoms with Crippen LogP contribution < -0.4 is 5.32 Å². The van der Waals surface area contributed by atoms with Crippen LogP contribution in [0.5, 0.6) is 0 Å². The van der Waals surface area contributed by atoms with Gasteiger partial charge in [0.15, 0.2) is 0 Å². The highest BCUT2D eigenvalue weighted by atomic mass is 19.1. The lowest BCUT2D eigenvalue weighted by atomic mass is 9.74. The predicted molar refractivity (Wildman–Crippen MR) is 112 cm³/mol. The molecule has 29 heavy (non-hydrogen) atoms. The molecule has 5 nitrogen and oxygen atoms in total. The van der Waals surface area contributed by atoms with E-state index in [9.17, 15) is 4.39 Å². The van der Waals surface area contributed by atoms with Crippen LogP contribution in [0.15, 0.2) is 36.7 Å². The van der Waals surface area contributed by atoms with Crippen molar-refractivity contribution in [3.05, 3.63) is 65.0 Å². The highest BCUT2D eigenvalue weighted by molar-refractivity contribution is 5.38. The molecule has 0 amide bonds. The lowest BCUT2D eigenvalue weighted by molar-refractivity contribution is 0.252. The van der Waals surface area contributed by atoms with Gasteiger partial charge in [0.1, 0.15) is 5.82 Å². The molecule has 0 radical (unpaired) electrons. The first-order chi connectivity index (χ1) is 13.9. The van der Waals surface area contributed by atoms with Crippen molar-refractivity contribution < 1.29 is 4.39 Å². The SMILES string of the molecule is CCCn1cc(CNC2CC(C)(C)Cc3c2cnn3-c2cccc(F)c2)c(C)n1. The molecule has 6 heteroatoms. The van der Waals surface area contributed by atoms with Crippen molar-refractivity contribution in [3.63, 3.8) is 0 Å². The third-order valence-electron chi connectivity index (χ3n) is 5.77. The van der Waals surface area contributed by atoms with E-state index in [-0.39, 0.29) is 17.3 Å². The minimum atomic E-state index is -0.240. The first kappa shape index (κ1) is 19.8. The fourth-order valence-electron chi connectivity index (χ4n) is 4.36. The second-order valence-electron chi connectivity index (χ2n) is 8.92. The highest BCUT2D eigenvalue weighted by Gasteiger charge is 2.35. The molecule has 154 valence electrons. The van der Waals surface area contributed by atoms with E-state index < -0.39 is 0 Å². The highest BCUT2D eigenvalue weighted by Crippen LogP contribution is 2.41. The molecular weight excluding hydrogens is 365 g/mol. The zero-order valence-electron chi connectivity index (χ0n) is 17.7. The minimum Gasteiger partial charge on any atom is -0.306 e. The molecule has 0 spiro atoms. The number of aryl methyl sites for hydroxylation is 2. The second kappa shape index (κ2) is 7.75. The van der Waals surface area contributed by atoms with Crippen molar-refractivity contribution in [2.45, 2.75) is 66.1 Å². The molecule has 1 aliphatic rings. The predicted octanol–water partition coefficient (Wildman–Crippen LogP) is 4.73. The van der Waals surface area contributed by atoms with Crippen LogP contribution in [0.4, 0.5) is 4.39 Å². The van der Waals surface area contributed by atoms with Crippen molar-refractivity contribution >= 4 is 0 Å². The summed E-state index contributed by atoms with van der Waals surface area (Å²) in [7, 11) is 0. The summed E-state index contributed by atoms with van der Waals surface area (Å²) in [6.45, 7) is 10.5. The van der Waals surface area contributed by atoms with E-state index in [0.717, 1.165) is 43.7 Å². The maximum atomic E-state index is 13.8. The molecule has 0 aliphatic heterocycles. The van der Waals surface area contributed by atoms with Gasteiger partial charge in [-0.25, -0.2) is 9.07 Å². The summed E-state index contributed by atoms with van der Waals surface area (Å²) >= 11 is 0. The van der Waals surface area contributed by atoms with E-state index in [0.29, 0.717) is 0 Å². The van der Waals surface area contributed by atoms with Gasteiger partial charge in [-0.15, -0.1) is 0 Å². The maximum Gasteiger partial charge on any atom is 0.125 e. The van der Waals surface area contributed by atoms with Crippen molar-refractivity contribution in [3.8, 4) is 5.69 Å². The number of hydrogen-bond acceptors (Lipinski definition) is 3. The zero-order chi connectivity index (χ0) is 20.6. The fourth-order valence-corrected chi connectivity index (χ4v) is 4.36. The van der Waals surface area contributed by atoms with Gasteiger partial charge in [-0.3, -0.25) is 4.68 Å². The number of fused-ring (bicyclic) bond motifs is 1. The Bertz CT molecular complexity index is 1000. The average Bonchev–Trinajstić information content (AvgIpc) is 3.22. The van der Waals surface area contributed by atoms with Crippen molar-refractivity contribution in [1.29, 1.82) is 0 Å². The van der Waals surface area contributed by atoms with Crippen molar-refractivity contribution in [1.82, 2.24) is 24.9 Å². The van der Waals surface area contributed by atoms with Crippen molar-refractivity contribution in [2.75, 3.05) is 0 Å². The molecule has 3 aromatic rings. The topological polar surface area (TPSA) is 47.7 Å². The Hall–Kier alpha value is -2.47. The first-order valence-electron chi connectivity index (χ1n) is 10.5. The molecule has 1 N–H and O–H groups in total. The fraction of sp³-hybridized carbons (Fsp3) is 0.478. The Morgan fingerprint density at radius 3 is 2.90 bits per heavy atom. The summed E-state index contributed by atoms with van der Waals surface area (Å²) in [4.78, 5) is 0. The molecule has 1 aliphatic carbocycles. The van der Waals surface area contributed by atoms with Crippen LogP contribution >= 0.6 is 0 Å². The molecule has 4 rings (SSSR count). The number of benzene rings is 1. The Balaban J connectivity index is 1.60. The van der Waals surface area contributed by atoms with Gasteiger partial charge in [-0.2, -0.15) is 10.2 Å². The third-order valence-corrected chi connectivity index (χ3v) is 5.77. The summed E-state index contributed by atoms with van der Waals surface area (Å²) in [6, 6.07) is 6.87. The first-order valence-corrected chi connectivity index (χ1v) is 10.5. The van der Waals surface area contributed by atoms with Gasteiger partial charge in [0.2, 0.25) is 0 Å². The van der Waals surface area contributed by atoms with Gasteiger partial charge in [-0.1, -0.05) is 26.8 Å². The quantitative estimate of drug-likeness (QED) is 0.656. The standard InChI is InChI=1S/C23H30FN5/c1-5-9-28-15-17(16(2)27-28)13-25-21-11-23(3,4)12-22-20(21)14-26-29(22)19-8-6-7-18(24)10-19/h6-8,10,14-15,21,25H,5,9,11-13H2,1-4H3. The van der Waals surface area contributed by atoms with Crippen LogP contribution in [-0.2, 0) is 19.5 Å². The summed E-state index contributed by atoms with van der Waals surface area (Å²) in [6.07, 6.45) is 7.13. The van der Waals surface area contributed by atoms with Crippen LogP contribution in [0.1, 0.15) is 62.2 Å². The van der Waals surface area contributed by atoms with Gasteiger partial charge < -0.3 is 5.32 Å². The number of halogens is 1. The lowest BCUT2D eigenvalue weighted by Crippen LogP contribution is -2.33. The molecule has 1 unspecified atom stereocenters. The molecule has 0 fully saturated rings. The second-order valence-corrected chi connectivity index (χ2v) is 8.92. The Morgan fingerprint density at radius 1 is 1.31 bits per heavy atom. The number of nitrogens with one attached hydrogen (secondary N) is 1. The molecule has 2 heterocycles. The van der Waals surface area contributed by atoms with Crippen LogP contribution in [0, 0.1) is 18.2 Å². The van der Waals surface area contributed by atoms with E-state index in [4.69, 9.17) is 0 Å². The van der Waals surface area contributed by atoms with Crippen LogP contribution in [-0.4, -0.2) is 19.6 Å². The summed E-state index contributed by atoms with van der Waals surface area (Å²) in [5.74, 6) is -0.240. The monoisotopic (exact) mass is 395 g/mol. The Labute approximate surface area is 171 Å². The Morgan fingerprint density at radius 2 is 2.14 bits per heavy atom. The zero-order valence-corrected chi connectivity index (χ0v) is 17.7. The molecule has 1 atom stereocenters. The number of nitrogens with zero attached hydrogens (tertiary/aromatic N) is 4. The van der Waals surface area contributed by atoms with Gasteiger partial charge in [-0.05, 0) is 49.8 Å². The Kier molecular flexibility index (Phi) is 5.30. The summed E-state index contributed by atoms with van der Waals surface area (Å²) < 4.78 is 17.7. The van der Waals surface area contributed by atoms with Crippen LogP contribution in [0.3, 0.4) is 0 Å². The molecule has 0 saturated heterocycles. The van der Waals surface area contributed by atoms with Gasteiger partial charge >= 0.3 is 0 Å². The third kappa shape index (κ3) is 4.13. The minimum absolute atomic E-state index is 0.136. The number of aromatic nitrogens is 4. The maximum absolute atomic E-state index is 13.8. The van der Waals surface area contributed by atoms with E-state index in [1.165, 1.54) is 22.9 Å². The molecule has 0 bridgehead atoms. The summed E-state index contributed by atoms with van der Waals surface area (Å²) in [5.41, 5.74) is 5.61. The molecule has 1 aromatic carbocycles. The van der Waals surface area contributed by atoms with E-state index >= 15 is 0 Å². The van der Waals surface area contributed by atoms with E-state index in [1.54, 1.807) is 12.1 Å². The number of rotatable bonds is 6. The van der Waals surface area contributed by atoms with E-state index in [1.807, 2.05) is 21.6 Å². The normalized spacial score (nSPS) is 18.0. The smallest absolute Gasteiger partial charge is 0.125 e. The molecular formula is C23H30FN5.